The number of hydrogen-bond acceptors (Lipinski definition) is 7. The zero-order chi connectivity index (χ0) is 33.2. The number of aromatic nitrogens is 3. The Morgan fingerprint density at radius 1 is 1.04 bits per heavy atom. The molecule has 2 atom stereocenters. The highest BCUT2D eigenvalue weighted by molar-refractivity contribution is 6.06. The first kappa shape index (κ1) is 31.3. The van der Waals surface area contributed by atoms with E-state index in [4.69, 9.17) is 0 Å². The molecule has 2 saturated heterocycles. The topological polar surface area (TPSA) is 140 Å². The van der Waals surface area contributed by atoms with E-state index in [-0.39, 0.29) is 24.1 Å². The third-order valence-electron chi connectivity index (χ3n) is 9.52. The van der Waals surface area contributed by atoms with Gasteiger partial charge in [0.2, 0.25) is 11.8 Å². The van der Waals surface area contributed by atoms with Crippen LogP contribution in [0.1, 0.15) is 94.2 Å². The summed E-state index contributed by atoms with van der Waals surface area (Å²) in [5, 5.41) is 6.25. The van der Waals surface area contributed by atoms with Crippen molar-refractivity contribution in [3.8, 4) is 11.8 Å². The van der Waals surface area contributed by atoms with Crippen LogP contribution in [0.25, 0.3) is 10.9 Å². The largest absolute Gasteiger partial charge is 0.357 e. The van der Waals surface area contributed by atoms with Crippen molar-refractivity contribution >= 4 is 40.3 Å². The zero-order valence-electron chi connectivity index (χ0n) is 26.8. The quantitative estimate of drug-likeness (QED) is 0.146. The number of carbonyl (C=O) groups excluding carboxylic acids is 4. The summed E-state index contributed by atoms with van der Waals surface area (Å²) in [6.45, 7) is 1.40. The molecule has 3 aliphatic rings. The smallest absolute Gasteiger partial charge is 0.258 e. The Bertz CT molecular complexity index is 1970. The molecule has 244 valence electrons. The molecule has 7 rings (SSSR count). The molecule has 0 bridgehead atoms. The Morgan fingerprint density at radius 2 is 1.94 bits per heavy atom. The second-order valence-corrected chi connectivity index (χ2v) is 12.8. The van der Waals surface area contributed by atoms with Crippen LogP contribution in [0.3, 0.4) is 0 Å². The second-order valence-electron chi connectivity index (χ2n) is 12.8. The van der Waals surface area contributed by atoms with Crippen molar-refractivity contribution in [3.05, 3.63) is 88.5 Å². The van der Waals surface area contributed by atoms with Gasteiger partial charge in [0.25, 0.3) is 11.8 Å². The lowest BCUT2D eigenvalue weighted by Gasteiger charge is -2.29. The Morgan fingerprint density at radius 3 is 2.73 bits per heavy atom. The molecule has 3 aromatic heterocycles. The van der Waals surface area contributed by atoms with Gasteiger partial charge in [0, 0.05) is 71.8 Å². The number of hydrogen-bond donors (Lipinski definition) is 3. The SMILES string of the molecule is CN1CCC[C@@H]1c1cc2cnc(NC(=O)c3ccc(CCCCC#Cc4cccc5c4CN(C4CCC(=O)NC4=O)C5=O)nc3)cc2[nH]1. The van der Waals surface area contributed by atoms with Crippen LogP contribution >= 0.6 is 0 Å². The molecule has 0 spiro atoms. The van der Waals surface area contributed by atoms with Crippen molar-refractivity contribution in [1.29, 1.82) is 0 Å². The van der Waals surface area contributed by atoms with E-state index in [1.54, 1.807) is 29.4 Å². The summed E-state index contributed by atoms with van der Waals surface area (Å²) in [6.07, 6.45) is 9.48. The molecule has 4 amide bonds. The summed E-state index contributed by atoms with van der Waals surface area (Å²) in [6, 6.07) is 12.9. The third-order valence-corrected chi connectivity index (χ3v) is 9.52. The summed E-state index contributed by atoms with van der Waals surface area (Å²) >= 11 is 0. The summed E-state index contributed by atoms with van der Waals surface area (Å²) in [4.78, 5) is 66.2. The number of rotatable bonds is 8. The van der Waals surface area contributed by atoms with Gasteiger partial charge in [-0.1, -0.05) is 17.9 Å². The van der Waals surface area contributed by atoms with Crippen molar-refractivity contribution in [3.63, 3.8) is 0 Å². The van der Waals surface area contributed by atoms with Crippen LogP contribution < -0.4 is 10.6 Å². The molecular formula is C37H37N7O4. The Balaban J connectivity index is 0.886. The fourth-order valence-electron chi connectivity index (χ4n) is 6.87. The molecule has 4 aromatic rings. The molecule has 3 N–H and O–H groups in total. The first-order valence-corrected chi connectivity index (χ1v) is 16.5. The van der Waals surface area contributed by atoms with Gasteiger partial charge in [-0.15, -0.1) is 0 Å². The monoisotopic (exact) mass is 643 g/mol. The van der Waals surface area contributed by atoms with Crippen LogP contribution in [0.4, 0.5) is 5.82 Å². The first-order chi connectivity index (χ1) is 23.3. The first-order valence-electron chi connectivity index (χ1n) is 16.5. The zero-order valence-corrected chi connectivity index (χ0v) is 26.8. The number of H-pyrrole nitrogens is 1. The van der Waals surface area contributed by atoms with Gasteiger partial charge < -0.3 is 15.2 Å². The average Bonchev–Trinajstić information content (AvgIpc) is 3.79. The van der Waals surface area contributed by atoms with Crippen LogP contribution in [-0.4, -0.2) is 68.0 Å². The minimum absolute atomic E-state index is 0.199. The fraction of sp³-hybridized carbons (Fsp3) is 0.351. The van der Waals surface area contributed by atoms with Crippen LogP contribution in [0.15, 0.2) is 54.9 Å². The van der Waals surface area contributed by atoms with Gasteiger partial charge in [-0.05, 0) is 88.0 Å². The summed E-state index contributed by atoms with van der Waals surface area (Å²) < 4.78 is 0. The predicted octanol–water partition coefficient (Wildman–Crippen LogP) is 4.50. The van der Waals surface area contributed by atoms with Crippen LogP contribution in [-0.2, 0) is 22.6 Å². The predicted molar refractivity (Wildman–Crippen MR) is 180 cm³/mol. The number of aromatic amines is 1. The van der Waals surface area contributed by atoms with E-state index in [9.17, 15) is 19.2 Å². The normalized spacial score (nSPS) is 19.3. The molecule has 3 aliphatic heterocycles. The molecule has 1 unspecified atom stereocenters. The lowest BCUT2D eigenvalue weighted by molar-refractivity contribution is -0.136. The minimum Gasteiger partial charge on any atom is -0.357 e. The van der Waals surface area contributed by atoms with Crippen molar-refractivity contribution in [2.75, 3.05) is 18.9 Å². The molecule has 48 heavy (non-hydrogen) atoms. The number of fused-ring (bicyclic) bond motifs is 2. The number of likely N-dealkylation sites (tertiary alicyclic amines) is 1. The average molecular weight is 644 g/mol. The van der Waals surface area contributed by atoms with Crippen molar-refractivity contribution in [2.24, 2.45) is 0 Å². The maximum absolute atomic E-state index is 13.0. The molecule has 2 fully saturated rings. The highest BCUT2D eigenvalue weighted by Gasteiger charge is 2.39. The number of carbonyl (C=O) groups is 4. The van der Waals surface area contributed by atoms with Gasteiger partial charge in [0.05, 0.1) is 11.1 Å². The number of amides is 4. The van der Waals surface area contributed by atoms with E-state index in [0.29, 0.717) is 42.4 Å². The van der Waals surface area contributed by atoms with E-state index in [0.717, 1.165) is 60.0 Å². The number of pyridine rings is 2. The van der Waals surface area contributed by atoms with Gasteiger partial charge in [-0.25, -0.2) is 4.98 Å². The highest BCUT2D eigenvalue weighted by atomic mass is 16.2. The van der Waals surface area contributed by atoms with Crippen LogP contribution in [0.2, 0.25) is 0 Å². The van der Waals surface area contributed by atoms with Crippen LogP contribution in [0.5, 0.6) is 0 Å². The lowest BCUT2D eigenvalue weighted by atomic mass is 10.0. The third kappa shape index (κ3) is 6.44. The van der Waals surface area contributed by atoms with Gasteiger partial charge in [0.1, 0.15) is 11.9 Å². The summed E-state index contributed by atoms with van der Waals surface area (Å²) in [5.74, 6) is 5.76. The van der Waals surface area contributed by atoms with E-state index >= 15 is 0 Å². The molecule has 0 saturated carbocycles. The van der Waals surface area contributed by atoms with E-state index in [1.165, 1.54) is 12.1 Å². The maximum Gasteiger partial charge on any atom is 0.258 e. The molecule has 0 radical (unpaired) electrons. The van der Waals surface area contributed by atoms with Gasteiger partial charge >= 0.3 is 0 Å². The maximum atomic E-state index is 13.0. The Hall–Kier alpha value is -5.34. The Kier molecular flexibility index (Phi) is 8.74. The number of aryl methyl sites for hydroxylation is 1. The number of piperidine rings is 1. The van der Waals surface area contributed by atoms with E-state index in [2.05, 4.69) is 55.4 Å². The molecule has 6 heterocycles. The van der Waals surface area contributed by atoms with Crippen molar-refractivity contribution in [2.45, 2.75) is 70.0 Å². The highest BCUT2D eigenvalue weighted by Crippen LogP contribution is 2.32. The number of nitrogens with zero attached hydrogens (tertiary/aromatic N) is 4. The van der Waals surface area contributed by atoms with E-state index in [1.807, 2.05) is 24.3 Å². The number of anilines is 1. The summed E-state index contributed by atoms with van der Waals surface area (Å²) in [7, 11) is 2.15. The van der Waals surface area contributed by atoms with Crippen molar-refractivity contribution < 1.29 is 19.2 Å². The minimum atomic E-state index is -0.644. The summed E-state index contributed by atoms with van der Waals surface area (Å²) in [5.41, 5.74) is 5.69. The van der Waals surface area contributed by atoms with Gasteiger partial charge in [-0.3, -0.25) is 34.4 Å². The van der Waals surface area contributed by atoms with Crippen molar-refractivity contribution in [1.82, 2.24) is 30.1 Å². The molecule has 1 aromatic carbocycles. The second kappa shape index (κ2) is 13.4. The standard InChI is InChI=1S/C37H37N7O4/c1-43-17-7-12-31(43)30-18-25-21-39-33(19-29(25)40-30)41-35(46)24-13-14-26(38-20-24)10-5-3-2-4-8-23-9-6-11-27-28(23)22-44(37(27)48)32-15-16-34(45)42-36(32)47/h6,9,11,13-14,18-21,31-32,40H,2-3,5,7,10,12,15-17,22H2,1H3,(H,39,41,46)(H,42,45,47)/t31-,32?/m1/s1. The molecule has 0 aliphatic carbocycles. The molecular weight excluding hydrogens is 606 g/mol. The van der Waals surface area contributed by atoms with Crippen LogP contribution in [0, 0.1) is 11.8 Å². The van der Waals surface area contributed by atoms with E-state index < -0.39 is 11.9 Å². The number of benzene rings is 1. The number of nitrogens with one attached hydrogen (secondary N) is 3. The molecule has 11 nitrogen and oxygen atoms in total. The van der Waals surface area contributed by atoms with Gasteiger partial charge in [0.15, 0.2) is 0 Å². The molecule has 11 heteroatoms. The number of imide groups is 1. The lowest BCUT2D eigenvalue weighted by Crippen LogP contribution is -2.52. The Labute approximate surface area is 278 Å². The van der Waals surface area contributed by atoms with Gasteiger partial charge in [-0.2, -0.15) is 0 Å². The number of unbranched alkanes of at least 4 members (excludes halogenated alkanes) is 2. The fourth-order valence-corrected chi connectivity index (χ4v) is 6.87.